The smallest absolute Gasteiger partial charge is 0.137 e. The molecule has 0 spiro atoms. The molecule has 6 heteroatoms. The molecule has 2 aliphatic heterocycles. The first-order valence-corrected chi connectivity index (χ1v) is 11.2. The van der Waals surface area contributed by atoms with Gasteiger partial charge in [0.15, 0.2) is 0 Å². The summed E-state index contributed by atoms with van der Waals surface area (Å²) in [4.78, 5) is 7.46. The lowest BCUT2D eigenvalue weighted by Gasteiger charge is -2.44. The summed E-state index contributed by atoms with van der Waals surface area (Å²) in [5.41, 5.74) is 1.24. The summed E-state index contributed by atoms with van der Waals surface area (Å²) in [6.45, 7) is 10.1. The van der Waals surface area contributed by atoms with Gasteiger partial charge in [-0.05, 0) is 56.3 Å². The van der Waals surface area contributed by atoms with Crippen molar-refractivity contribution in [2.75, 3.05) is 52.9 Å². The number of hydrogen-bond acceptors (Lipinski definition) is 5. The molecule has 0 unspecified atom stereocenters. The number of piperazine rings is 1. The van der Waals surface area contributed by atoms with Crippen LogP contribution < -0.4 is 4.74 Å². The maximum atomic E-state index is 10.8. The van der Waals surface area contributed by atoms with Crippen LogP contribution in [0, 0.1) is 11.8 Å². The minimum Gasteiger partial charge on any atom is -0.492 e. The van der Waals surface area contributed by atoms with Crippen LogP contribution in [-0.4, -0.2) is 84.9 Å². The Morgan fingerprint density at radius 2 is 1.82 bits per heavy atom. The zero-order valence-corrected chi connectivity index (χ0v) is 17.9. The van der Waals surface area contributed by atoms with E-state index in [-0.39, 0.29) is 6.10 Å². The van der Waals surface area contributed by atoms with Crippen molar-refractivity contribution < 1.29 is 9.84 Å². The molecule has 5 nitrogen and oxygen atoms in total. The molecule has 1 aromatic carbocycles. The second-order valence-electron chi connectivity index (χ2n) is 8.86. The summed E-state index contributed by atoms with van der Waals surface area (Å²) < 4.78 is 5.55. The van der Waals surface area contributed by atoms with E-state index < -0.39 is 0 Å². The van der Waals surface area contributed by atoms with Crippen molar-refractivity contribution in [2.24, 2.45) is 11.8 Å². The minimum atomic E-state index is -0.176. The van der Waals surface area contributed by atoms with Gasteiger partial charge in [0.1, 0.15) is 5.75 Å². The summed E-state index contributed by atoms with van der Waals surface area (Å²) in [6, 6.07) is 6.49. The molecule has 3 fully saturated rings. The van der Waals surface area contributed by atoms with Gasteiger partial charge in [-0.25, -0.2) is 0 Å². The Hall–Kier alpha value is -0.850. The monoisotopic (exact) mass is 407 g/mol. The number of fused-ring (bicyclic) bond motifs is 1. The van der Waals surface area contributed by atoms with E-state index in [4.69, 9.17) is 16.3 Å². The number of aliphatic hydroxyl groups is 1. The van der Waals surface area contributed by atoms with Crippen molar-refractivity contribution in [3.63, 3.8) is 0 Å². The fraction of sp³-hybridized carbons (Fsp3) is 0.727. The number of halogens is 1. The number of ether oxygens (including phenoxy) is 1. The molecule has 1 saturated carbocycles. The van der Waals surface area contributed by atoms with Crippen LogP contribution in [-0.2, 0) is 6.54 Å². The molecule has 0 aromatic heterocycles. The first-order valence-electron chi connectivity index (χ1n) is 10.8. The van der Waals surface area contributed by atoms with Gasteiger partial charge in [0.2, 0.25) is 0 Å². The largest absolute Gasteiger partial charge is 0.492 e. The van der Waals surface area contributed by atoms with Crippen LogP contribution in [0.4, 0.5) is 0 Å². The maximum absolute atomic E-state index is 10.8. The predicted molar refractivity (Wildman–Crippen MR) is 113 cm³/mol. The van der Waals surface area contributed by atoms with Crippen molar-refractivity contribution in [1.29, 1.82) is 0 Å². The van der Waals surface area contributed by atoms with Gasteiger partial charge in [-0.3, -0.25) is 9.80 Å². The van der Waals surface area contributed by atoms with E-state index in [9.17, 15) is 5.11 Å². The number of aliphatic hydroxyl groups excluding tert-OH is 1. The van der Waals surface area contributed by atoms with Crippen LogP contribution >= 0.6 is 11.6 Å². The number of likely N-dealkylation sites (N-methyl/N-ethyl adjacent to an activating group) is 1. The molecule has 3 aliphatic rings. The summed E-state index contributed by atoms with van der Waals surface area (Å²) in [5, 5.41) is 11.5. The normalized spacial score (nSPS) is 32.4. The number of hydrogen-bond donors (Lipinski definition) is 1. The molecule has 28 heavy (non-hydrogen) atoms. The van der Waals surface area contributed by atoms with Crippen LogP contribution in [0.1, 0.15) is 25.3 Å². The molecule has 1 aliphatic carbocycles. The number of likely N-dealkylation sites (tertiary alicyclic amines) is 1. The predicted octanol–water partition coefficient (Wildman–Crippen LogP) is 2.56. The van der Waals surface area contributed by atoms with Crippen LogP contribution in [0.5, 0.6) is 5.75 Å². The molecule has 0 radical (unpaired) electrons. The second-order valence-corrected chi connectivity index (χ2v) is 9.26. The maximum Gasteiger partial charge on any atom is 0.137 e. The molecule has 4 rings (SSSR count). The van der Waals surface area contributed by atoms with Crippen molar-refractivity contribution in [2.45, 2.75) is 38.5 Å². The van der Waals surface area contributed by atoms with E-state index in [2.05, 4.69) is 27.8 Å². The van der Waals surface area contributed by atoms with Gasteiger partial charge in [-0.15, -0.1) is 0 Å². The molecule has 2 heterocycles. The lowest BCUT2D eigenvalue weighted by Crippen LogP contribution is -2.55. The molecular formula is C22H34ClN3O2. The average Bonchev–Trinajstić information content (AvgIpc) is 3.05. The molecule has 156 valence electrons. The minimum absolute atomic E-state index is 0.176. The zero-order valence-electron chi connectivity index (χ0n) is 17.2. The highest BCUT2D eigenvalue weighted by Gasteiger charge is 2.43. The Bertz CT molecular complexity index is 665. The summed E-state index contributed by atoms with van der Waals surface area (Å²) in [5.74, 6) is 2.09. The van der Waals surface area contributed by atoms with Crippen LogP contribution in [0.25, 0.3) is 0 Å². The van der Waals surface area contributed by atoms with Gasteiger partial charge >= 0.3 is 0 Å². The van der Waals surface area contributed by atoms with Gasteiger partial charge in [0.25, 0.3) is 0 Å². The highest BCUT2D eigenvalue weighted by Crippen LogP contribution is 2.39. The summed E-state index contributed by atoms with van der Waals surface area (Å²) >= 11 is 6.36. The summed E-state index contributed by atoms with van der Waals surface area (Å²) in [7, 11) is 2.19. The van der Waals surface area contributed by atoms with Crippen LogP contribution in [0.3, 0.4) is 0 Å². The fourth-order valence-corrected chi connectivity index (χ4v) is 5.61. The Morgan fingerprint density at radius 3 is 2.50 bits per heavy atom. The standard InChI is InChI=1S/C22H34ClN3O2/c1-3-28-22-5-4-16(10-19(22)23)13-25-14-17-11-20(21(27)12-18(17)15-25)26-8-6-24(2)7-9-26/h4-5,10,17-18,20-21,27H,3,6-9,11-15H2,1-2H3/t17-,18+,20-,21-/m1/s1. The third-order valence-corrected chi connectivity index (χ3v) is 7.19. The second kappa shape index (κ2) is 8.88. The quantitative estimate of drug-likeness (QED) is 0.812. The Morgan fingerprint density at radius 1 is 1.11 bits per heavy atom. The Balaban J connectivity index is 1.35. The average molecular weight is 408 g/mol. The summed E-state index contributed by atoms with van der Waals surface area (Å²) in [6.07, 6.45) is 1.91. The first-order chi connectivity index (χ1) is 13.5. The van der Waals surface area contributed by atoms with E-state index in [1.807, 2.05) is 19.1 Å². The van der Waals surface area contributed by atoms with Crippen molar-refractivity contribution in [3.8, 4) is 5.75 Å². The van der Waals surface area contributed by atoms with E-state index in [1.54, 1.807) is 0 Å². The van der Waals surface area contributed by atoms with Crippen molar-refractivity contribution in [1.82, 2.24) is 14.7 Å². The van der Waals surface area contributed by atoms with E-state index in [0.29, 0.717) is 29.5 Å². The topological polar surface area (TPSA) is 39.2 Å². The fourth-order valence-electron chi connectivity index (χ4n) is 5.35. The third-order valence-electron chi connectivity index (χ3n) is 6.89. The van der Waals surface area contributed by atoms with E-state index >= 15 is 0 Å². The number of benzene rings is 1. The Labute approximate surface area is 174 Å². The van der Waals surface area contributed by atoms with E-state index in [0.717, 1.165) is 64.4 Å². The molecule has 0 bridgehead atoms. The zero-order chi connectivity index (χ0) is 19.7. The Kier molecular flexibility index (Phi) is 6.48. The molecule has 1 N–H and O–H groups in total. The highest BCUT2D eigenvalue weighted by atomic mass is 35.5. The highest BCUT2D eigenvalue weighted by molar-refractivity contribution is 6.32. The van der Waals surface area contributed by atoms with Gasteiger partial charge in [-0.2, -0.15) is 0 Å². The molecule has 4 atom stereocenters. The molecule has 0 amide bonds. The van der Waals surface area contributed by atoms with Crippen LogP contribution in [0.2, 0.25) is 5.02 Å². The van der Waals surface area contributed by atoms with Crippen molar-refractivity contribution in [3.05, 3.63) is 28.8 Å². The molecular weight excluding hydrogens is 374 g/mol. The van der Waals surface area contributed by atoms with E-state index in [1.165, 1.54) is 5.56 Å². The lowest BCUT2D eigenvalue weighted by molar-refractivity contribution is -0.0249. The third kappa shape index (κ3) is 4.49. The molecule has 2 saturated heterocycles. The van der Waals surface area contributed by atoms with Gasteiger partial charge < -0.3 is 14.7 Å². The molecule has 1 aromatic rings. The van der Waals surface area contributed by atoms with Gasteiger partial charge in [0, 0.05) is 51.9 Å². The number of rotatable bonds is 5. The van der Waals surface area contributed by atoms with Crippen LogP contribution in [0.15, 0.2) is 18.2 Å². The first kappa shape index (κ1) is 20.4. The van der Waals surface area contributed by atoms with Gasteiger partial charge in [0.05, 0.1) is 17.7 Å². The van der Waals surface area contributed by atoms with Gasteiger partial charge in [-0.1, -0.05) is 17.7 Å². The SMILES string of the molecule is CCOc1ccc(CN2C[C@H]3C[C@@H](N4CCN(C)CC4)[C@H](O)C[C@H]3C2)cc1Cl. The van der Waals surface area contributed by atoms with Crippen molar-refractivity contribution >= 4 is 11.6 Å². The number of nitrogens with zero attached hydrogens (tertiary/aromatic N) is 3. The lowest BCUT2D eigenvalue weighted by atomic mass is 9.77.